The highest BCUT2D eigenvalue weighted by atomic mass is 16.2. The van der Waals surface area contributed by atoms with Gasteiger partial charge in [0, 0.05) is 13.1 Å². The van der Waals surface area contributed by atoms with Crippen molar-refractivity contribution in [2.24, 2.45) is 7.05 Å². The molecule has 6 heteroatoms. The number of aryl methyl sites for hydroxylation is 1. The summed E-state index contributed by atoms with van der Waals surface area (Å²) in [5, 5.41) is 9.95. The summed E-state index contributed by atoms with van der Waals surface area (Å²) in [5.74, 6) is -0.0150. The largest absolute Gasteiger partial charge is 0.382 e. The number of nitrogens with two attached hydrogens (primary N) is 1. The Hall–Kier alpha value is -1.59. The third kappa shape index (κ3) is 1.95. The number of carbonyl (C=O) groups is 1. The SMILES string of the molecule is CC(C)NC(=O)c1nnn(C)c1N. The summed E-state index contributed by atoms with van der Waals surface area (Å²) >= 11 is 0. The number of hydrogen-bond donors (Lipinski definition) is 2. The van der Waals surface area contributed by atoms with E-state index in [0.29, 0.717) is 0 Å². The van der Waals surface area contributed by atoms with E-state index in [2.05, 4.69) is 15.6 Å². The van der Waals surface area contributed by atoms with Crippen molar-refractivity contribution >= 4 is 11.7 Å². The van der Waals surface area contributed by atoms with Gasteiger partial charge in [0.25, 0.3) is 5.91 Å². The van der Waals surface area contributed by atoms with Crippen LogP contribution < -0.4 is 11.1 Å². The molecule has 6 nitrogen and oxygen atoms in total. The third-order valence-electron chi connectivity index (χ3n) is 1.50. The van der Waals surface area contributed by atoms with Gasteiger partial charge in [-0.05, 0) is 13.8 Å². The standard InChI is InChI=1S/C7H13N5O/c1-4(2)9-7(13)5-6(8)12(3)11-10-5/h4H,8H2,1-3H3,(H,9,13). The molecule has 0 atom stereocenters. The molecule has 1 aromatic rings. The van der Waals surface area contributed by atoms with Gasteiger partial charge in [0.05, 0.1) is 0 Å². The second kappa shape index (κ2) is 3.42. The van der Waals surface area contributed by atoms with Crippen molar-refractivity contribution in [2.45, 2.75) is 19.9 Å². The fourth-order valence-corrected chi connectivity index (χ4v) is 0.857. The van der Waals surface area contributed by atoms with E-state index in [4.69, 9.17) is 5.73 Å². The highest BCUT2D eigenvalue weighted by molar-refractivity contribution is 5.96. The van der Waals surface area contributed by atoms with E-state index in [-0.39, 0.29) is 23.5 Å². The Morgan fingerprint density at radius 2 is 2.23 bits per heavy atom. The van der Waals surface area contributed by atoms with Gasteiger partial charge in [0.1, 0.15) is 0 Å². The Bertz CT molecular complexity index is 317. The molecule has 0 saturated carbocycles. The topological polar surface area (TPSA) is 85.8 Å². The summed E-state index contributed by atoms with van der Waals surface area (Å²) in [7, 11) is 1.63. The van der Waals surface area contributed by atoms with Crippen LogP contribution in [0.3, 0.4) is 0 Å². The second-order valence-electron chi connectivity index (χ2n) is 3.08. The predicted octanol–water partition coefficient (Wildman–Crippen LogP) is -0.465. The van der Waals surface area contributed by atoms with E-state index in [1.807, 2.05) is 13.8 Å². The first kappa shape index (κ1) is 9.50. The summed E-state index contributed by atoms with van der Waals surface area (Å²) in [4.78, 5) is 11.4. The van der Waals surface area contributed by atoms with Gasteiger partial charge in [-0.2, -0.15) is 0 Å². The zero-order valence-electron chi connectivity index (χ0n) is 7.90. The number of amides is 1. The Labute approximate surface area is 76.1 Å². The van der Waals surface area contributed by atoms with Crippen LogP contribution in [0.1, 0.15) is 24.3 Å². The van der Waals surface area contributed by atoms with Crippen molar-refractivity contribution in [1.29, 1.82) is 0 Å². The van der Waals surface area contributed by atoms with Gasteiger partial charge in [-0.3, -0.25) is 4.79 Å². The number of nitrogen functional groups attached to an aromatic ring is 1. The second-order valence-corrected chi connectivity index (χ2v) is 3.08. The number of hydrogen-bond acceptors (Lipinski definition) is 4. The average Bonchev–Trinajstić information content (AvgIpc) is 2.31. The Morgan fingerprint density at radius 1 is 1.62 bits per heavy atom. The van der Waals surface area contributed by atoms with Crippen LogP contribution in [0.15, 0.2) is 0 Å². The lowest BCUT2D eigenvalue weighted by atomic mass is 10.3. The molecular weight excluding hydrogens is 170 g/mol. The van der Waals surface area contributed by atoms with Crippen molar-refractivity contribution in [3.05, 3.63) is 5.69 Å². The predicted molar refractivity (Wildman–Crippen MR) is 48.0 cm³/mol. The minimum absolute atomic E-state index is 0.0638. The molecule has 1 heterocycles. The van der Waals surface area contributed by atoms with Crippen molar-refractivity contribution < 1.29 is 4.79 Å². The van der Waals surface area contributed by atoms with E-state index >= 15 is 0 Å². The molecule has 0 aromatic carbocycles. The van der Waals surface area contributed by atoms with Gasteiger partial charge in [-0.25, -0.2) is 4.68 Å². The smallest absolute Gasteiger partial charge is 0.275 e. The Kier molecular flexibility index (Phi) is 2.50. The molecule has 0 unspecified atom stereocenters. The van der Waals surface area contributed by atoms with Crippen LogP contribution in [0.5, 0.6) is 0 Å². The van der Waals surface area contributed by atoms with Gasteiger partial charge in [0.2, 0.25) is 0 Å². The van der Waals surface area contributed by atoms with Crippen LogP contribution in [-0.2, 0) is 7.05 Å². The molecule has 1 rings (SSSR count). The quantitative estimate of drug-likeness (QED) is 0.649. The maximum Gasteiger partial charge on any atom is 0.275 e. The third-order valence-corrected chi connectivity index (χ3v) is 1.50. The van der Waals surface area contributed by atoms with Crippen molar-refractivity contribution in [3.63, 3.8) is 0 Å². The molecule has 13 heavy (non-hydrogen) atoms. The zero-order valence-corrected chi connectivity index (χ0v) is 7.90. The summed E-state index contributed by atoms with van der Waals surface area (Å²) in [6.07, 6.45) is 0. The molecular formula is C7H13N5O. The summed E-state index contributed by atoms with van der Waals surface area (Å²) in [5.41, 5.74) is 5.73. The molecule has 0 fully saturated rings. The lowest BCUT2D eigenvalue weighted by Gasteiger charge is -2.05. The van der Waals surface area contributed by atoms with E-state index in [1.165, 1.54) is 4.68 Å². The fraction of sp³-hybridized carbons (Fsp3) is 0.571. The van der Waals surface area contributed by atoms with Crippen LogP contribution in [0.2, 0.25) is 0 Å². The van der Waals surface area contributed by atoms with Gasteiger partial charge >= 0.3 is 0 Å². The van der Waals surface area contributed by atoms with E-state index < -0.39 is 0 Å². The minimum Gasteiger partial charge on any atom is -0.382 e. The number of rotatable bonds is 2. The maximum absolute atomic E-state index is 11.4. The van der Waals surface area contributed by atoms with Crippen molar-refractivity contribution in [3.8, 4) is 0 Å². The van der Waals surface area contributed by atoms with Gasteiger partial charge in [-0.1, -0.05) is 5.21 Å². The monoisotopic (exact) mass is 183 g/mol. The molecule has 0 aliphatic heterocycles. The fourth-order valence-electron chi connectivity index (χ4n) is 0.857. The van der Waals surface area contributed by atoms with E-state index in [1.54, 1.807) is 7.05 Å². The zero-order chi connectivity index (χ0) is 10.0. The summed E-state index contributed by atoms with van der Waals surface area (Å²) in [6, 6.07) is 0.0638. The maximum atomic E-state index is 11.4. The first-order valence-corrected chi connectivity index (χ1v) is 3.98. The minimum atomic E-state index is -0.291. The summed E-state index contributed by atoms with van der Waals surface area (Å²) < 4.78 is 1.36. The number of carbonyl (C=O) groups excluding carboxylic acids is 1. The molecule has 0 aliphatic rings. The number of nitrogens with zero attached hydrogens (tertiary/aromatic N) is 3. The van der Waals surface area contributed by atoms with E-state index in [9.17, 15) is 4.79 Å². The first-order chi connectivity index (χ1) is 6.02. The molecule has 3 N–H and O–H groups in total. The molecule has 0 aliphatic carbocycles. The average molecular weight is 183 g/mol. The molecule has 0 bridgehead atoms. The van der Waals surface area contributed by atoms with Crippen molar-refractivity contribution in [1.82, 2.24) is 20.3 Å². The van der Waals surface area contributed by atoms with Crippen LogP contribution in [0.4, 0.5) is 5.82 Å². The highest BCUT2D eigenvalue weighted by Crippen LogP contribution is 2.04. The molecule has 0 saturated heterocycles. The molecule has 1 amide bonds. The van der Waals surface area contributed by atoms with E-state index in [0.717, 1.165) is 0 Å². The van der Waals surface area contributed by atoms with Crippen LogP contribution in [-0.4, -0.2) is 26.9 Å². The highest BCUT2D eigenvalue weighted by Gasteiger charge is 2.15. The van der Waals surface area contributed by atoms with Crippen LogP contribution in [0, 0.1) is 0 Å². The number of nitrogens with one attached hydrogen (secondary N) is 1. The molecule has 0 spiro atoms. The number of anilines is 1. The lowest BCUT2D eigenvalue weighted by Crippen LogP contribution is -2.31. The van der Waals surface area contributed by atoms with Gasteiger partial charge in [0.15, 0.2) is 11.5 Å². The molecule has 72 valence electrons. The van der Waals surface area contributed by atoms with Crippen molar-refractivity contribution in [2.75, 3.05) is 5.73 Å². The normalized spacial score (nSPS) is 10.5. The summed E-state index contributed by atoms with van der Waals surface area (Å²) in [6.45, 7) is 3.73. The lowest BCUT2D eigenvalue weighted by molar-refractivity contribution is 0.0939. The van der Waals surface area contributed by atoms with Crippen LogP contribution in [0.25, 0.3) is 0 Å². The Morgan fingerprint density at radius 3 is 2.62 bits per heavy atom. The molecule has 0 radical (unpaired) electrons. The number of aromatic nitrogens is 3. The Balaban J connectivity index is 2.83. The van der Waals surface area contributed by atoms with Gasteiger partial charge < -0.3 is 11.1 Å². The van der Waals surface area contributed by atoms with Crippen LogP contribution >= 0.6 is 0 Å². The molecule has 1 aromatic heterocycles. The first-order valence-electron chi connectivity index (χ1n) is 3.98. The van der Waals surface area contributed by atoms with Gasteiger partial charge in [-0.15, -0.1) is 5.10 Å².